The van der Waals surface area contributed by atoms with E-state index in [1.54, 1.807) is 0 Å². The van der Waals surface area contributed by atoms with Gasteiger partial charge in [0.05, 0.1) is 11.4 Å². The van der Waals surface area contributed by atoms with E-state index in [2.05, 4.69) is 10.2 Å². The second kappa shape index (κ2) is 3.23. The van der Waals surface area contributed by atoms with Gasteiger partial charge in [0.25, 0.3) is 0 Å². The fourth-order valence-electron chi connectivity index (χ4n) is 1.25. The Morgan fingerprint density at radius 3 is 2.40 bits per heavy atom. The Bertz CT molecular complexity index is 484. The minimum absolute atomic E-state index is 0.252. The molecule has 78 valence electrons. The summed E-state index contributed by atoms with van der Waals surface area (Å²) in [6.45, 7) is 0. The van der Waals surface area contributed by atoms with Gasteiger partial charge in [0.2, 0.25) is 0 Å². The van der Waals surface area contributed by atoms with Crippen molar-refractivity contribution in [3.05, 3.63) is 29.8 Å². The van der Waals surface area contributed by atoms with Crippen molar-refractivity contribution in [2.45, 2.75) is 0 Å². The number of aromatic nitrogens is 2. The highest BCUT2D eigenvalue weighted by Crippen LogP contribution is 2.24. The number of aromatic amines is 1. The van der Waals surface area contributed by atoms with Gasteiger partial charge in [-0.15, -0.1) is 0 Å². The predicted molar refractivity (Wildman–Crippen MR) is 52.8 cm³/mol. The third-order valence-corrected chi connectivity index (χ3v) is 1.97. The van der Waals surface area contributed by atoms with Crippen molar-refractivity contribution in [1.29, 1.82) is 0 Å². The fraction of sp³-hybridized carbons (Fsp3) is 0. The van der Waals surface area contributed by atoms with Crippen molar-refractivity contribution in [1.82, 2.24) is 10.2 Å². The van der Waals surface area contributed by atoms with Crippen molar-refractivity contribution in [3.8, 4) is 11.3 Å². The molecule has 0 atom stereocenters. The third kappa shape index (κ3) is 1.61. The van der Waals surface area contributed by atoms with Crippen LogP contribution in [-0.4, -0.2) is 10.2 Å². The quantitative estimate of drug-likeness (QED) is 0.624. The van der Waals surface area contributed by atoms with Gasteiger partial charge in [-0.2, -0.15) is 5.10 Å². The molecule has 5 N–H and O–H groups in total. The first-order valence-electron chi connectivity index (χ1n) is 4.13. The smallest absolute Gasteiger partial charge is 0.181 e. The summed E-state index contributed by atoms with van der Waals surface area (Å²) >= 11 is 0. The number of rotatable bonds is 1. The van der Waals surface area contributed by atoms with Gasteiger partial charge in [-0.25, -0.2) is 8.78 Å². The molecule has 0 saturated carbocycles. The van der Waals surface area contributed by atoms with E-state index in [-0.39, 0.29) is 11.5 Å². The van der Waals surface area contributed by atoms with Crippen LogP contribution in [0.15, 0.2) is 18.2 Å². The maximum Gasteiger partial charge on any atom is 0.181 e. The molecule has 2 rings (SSSR count). The summed E-state index contributed by atoms with van der Waals surface area (Å²) in [6, 6.07) is 3.84. The third-order valence-electron chi connectivity index (χ3n) is 1.97. The molecule has 6 heteroatoms. The lowest BCUT2D eigenvalue weighted by molar-refractivity contribution is 0.512. The molecule has 0 spiro atoms. The van der Waals surface area contributed by atoms with Gasteiger partial charge in [0, 0.05) is 11.6 Å². The number of hydrogen-bond acceptors (Lipinski definition) is 3. The van der Waals surface area contributed by atoms with Crippen LogP contribution in [0, 0.1) is 11.6 Å². The summed E-state index contributed by atoms with van der Waals surface area (Å²) < 4.78 is 25.9. The molecule has 0 fully saturated rings. The molecule has 0 unspecified atom stereocenters. The van der Waals surface area contributed by atoms with Gasteiger partial charge in [-0.3, -0.25) is 5.10 Å². The zero-order valence-corrected chi connectivity index (χ0v) is 7.59. The topological polar surface area (TPSA) is 80.7 Å². The number of hydrogen-bond donors (Lipinski definition) is 3. The molecule has 1 aromatic heterocycles. The number of nitrogens with one attached hydrogen (secondary N) is 1. The minimum atomic E-state index is -1.05. The van der Waals surface area contributed by atoms with Crippen molar-refractivity contribution in [2.75, 3.05) is 11.5 Å². The Balaban J connectivity index is 2.55. The molecule has 1 aromatic carbocycles. The van der Waals surface area contributed by atoms with Crippen LogP contribution in [0.5, 0.6) is 0 Å². The molecular formula is C9H8F2N4. The lowest BCUT2D eigenvalue weighted by Gasteiger charge is -2.02. The molecule has 15 heavy (non-hydrogen) atoms. The average Bonchev–Trinajstić information content (AvgIpc) is 2.60. The second-order valence-electron chi connectivity index (χ2n) is 3.07. The molecule has 0 aliphatic heterocycles. The Labute approximate surface area is 83.9 Å². The van der Waals surface area contributed by atoms with Crippen LogP contribution >= 0.6 is 0 Å². The number of nitrogens with zero attached hydrogens (tertiary/aromatic N) is 1. The standard InChI is InChI=1S/C9H8F2N4/c10-5-1-4(2-6(12)9(5)11)7-3-8(13)15-14-7/h1-3H,12H2,(H3,13,14,15). The molecule has 1 heterocycles. The van der Waals surface area contributed by atoms with Gasteiger partial charge >= 0.3 is 0 Å². The average molecular weight is 210 g/mol. The van der Waals surface area contributed by atoms with Gasteiger partial charge in [-0.05, 0) is 12.1 Å². The first kappa shape index (κ1) is 9.45. The number of nitrogens with two attached hydrogens (primary N) is 2. The highest BCUT2D eigenvalue weighted by molar-refractivity contribution is 5.66. The van der Waals surface area contributed by atoms with Gasteiger partial charge in [0.15, 0.2) is 11.6 Å². The van der Waals surface area contributed by atoms with Crippen LogP contribution in [0.1, 0.15) is 0 Å². The maximum absolute atomic E-state index is 13.0. The van der Waals surface area contributed by atoms with Gasteiger partial charge in [-0.1, -0.05) is 0 Å². The van der Waals surface area contributed by atoms with E-state index < -0.39 is 11.6 Å². The lowest BCUT2D eigenvalue weighted by Crippen LogP contribution is -1.95. The molecule has 0 amide bonds. The first-order chi connectivity index (χ1) is 7.08. The molecule has 0 bridgehead atoms. The number of anilines is 2. The van der Waals surface area contributed by atoms with Gasteiger partial charge in [0.1, 0.15) is 5.82 Å². The fourth-order valence-corrected chi connectivity index (χ4v) is 1.25. The number of nitrogen functional groups attached to an aromatic ring is 2. The molecule has 0 aliphatic carbocycles. The Kier molecular flexibility index (Phi) is 2.03. The van der Waals surface area contributed by atoms with Crippen molar-refractivity contribution in [2.24, 2.45) is 0 Å². The number of halogens is 2. The van der Waals surface area contributed by atoms with E-state index in [4.69, 9.17) is 11.5 Å². The summed E-state index contributed by atoms with van der Waals surface area (Å²) in [5.74, 6) is -1.78. The first-order valence-corrected chi connectivity index (χ1v) is 4.13. The van der Waals surface area contributed by atoms with Gasteiger partial charge < -0.3 is 11.5 Å². The minimum Gasteiger partial charge on any atom is -0.396 e. The highest BCUT2D eigenvalue weighted by Gasteiger charge is 2.10. The van der Waals surface area contributed by atoms with E-state index in [1.165, 1.54) is 12.1 Å². The van der Waals surface area contributed by atoms with Crippen LogP contribution in [0.4, 0.5) is 20.3 Å². The Morgan fingerprint density at radius 2 is 1.87 bits per heavy atom. The molecular weight excluding hydrogens is 202 g/mol. The second-order valence-corrected chi connectivity index (χ2v) is 3.07. The van der Waals surface area contributed by atoms with E-state index >= 15 is 0 Å². The summed E-state index contributed by atoms with van der Waals surface area (Å²) in [5, 5.41) is 6.25. The summed E-state index contributed by atoms with van der Waals surface area (Å²) in [4.78, 5) is 0. The van der Waals surface area contributed by atoms with Crippen LogP contribution in [-0.2, 0) is 0 Å². The zero-order chi connectivity index (χ0) is 11.0. The normalized spacial score (nSPS) is 10.5. The van der Waals surface area contributed by atoms with E-state index in [9.17, 15) is 8.78 Å². The van der Waals surface area contributed by atoms with Crippen molar-refractivity contribution in [3.63, 3.8) is 0 Å². The van der Waals surface area contributed by atoms with Crippen LogP contribution in [0.2, 0.25) is 0 Å². The van der Waals surface area contributed by atoms with Crippen molar-refractivity contribution >= 4 is 11.5 Å². The van der Waals surface area contributed by atoms with Crippen LogP contribution < -0.4 is 11.5 Å². The molecule has 0 saturated heterocycles. The molecule has 0 aliphatic rings. The largest absolute Gasteiger partial charge is 0.396 e. The molecule has 2 aromatic rings. The van der Waals surface area contributed by atoms with E-state index in [0.717, 1.165) is 6.07 Å². The number of benzene rings is 1. The summed E-state index contributed by atoms with van der Waals surface area (Å²) in [5.41, 5.74) is 11.3. The maximum atomic E-state index is 13.0. The predicted octanol–water partition coefficient (Wildman–Crippen LogP) is 1.52. The van der Waals surface area contributed by atoms with E-state index in [1.807, 2.05) is 0 Å². The van der Waals surface area contributed by atoms with Crippen LogP contribution in [0.25, 0.3) is 11.3 Å². The van der Waals surface area contributed by atoms with Crippen molar-refractivity contribution < 1.29 is 8.78 Å². The lowest BCUT2D eigenvalue weighted by atomic mass is 10.1. The highest BCUT2D eigenvalue weighted by atomic mass is 19.2. The van der Waals surface area contributed by atoms with Crippen LogP contribution in [0.3, 0.4) is 0 Å². The SMILES string of the molecule is Nc1cc(-c2cc(N)c(F)c(F)c2)[nH]n1. The zero-order valence-electron chi connectivity index (χ0n) is 7.59. The summed E-state index contributed by atoms with van der Waals surface area (Å²) in [6.07, 6.45) is 0. The van der Waals surface area contributed by atoms with E-state index in [0.29, 0.717) is 11.3 Å². The Morgan fingerprint density at radius 1 is 1.13 bits per heavy atom. The monoisotopic (exact) mass is 210 g/mol. The molecule has 4 nitrogen and oxygen atoms in total. The molecule has 0 radical (unpaired) electrons. The summed E-state index contributed by atoms with van der Waals surface area (Å²) in [7, 11) is 0. The number of H-pyrrole nitrogens is 1. The Hall–Kier alpha value is -2.11.